The van der Waals surface area contributed by atoms with E-state index in [-0.39, 0.29) is 5.25 Å². The lowest BCUT2D eigenvalue weighted by Gasteiger charge is -2.35. The molecule has 0 N–H and O–H groups in total. The maximum absolute atomic E-state index is 11.9. The van der Waals surface area contributed by atoms with Crippen molar-refractivity contribution in [1.29, 1.82) is 0 Å². The van der Waals surface area contributed by atoms with Crippen molar-refractivity contribution in [3.8, 4) is 0 Å². The van der Waals surface area contributed by atoms with Crippen molar-refractivity contribution < 1.29 is 8.42 Å². The van der Waals surface area contributed by atoms with Gasteiger partial charge in [0.05, 0.1) is 5.25 Å². The van der Waals surface area contributed by atoms with Crippen LogP contribution in [0.1, 0.15) is 34.1 Å². The molecule has 0 aromatic heterocycles. The first kappa shape index (κ1) is 12.0. The van der Waals surface area contributed by atoms with Gasteiger partial charge in [0.25, 0.3) is 0 Å². The van der Waals surface area contributed by atoms with Crippen molar-refractivity contribution in [3.63, 3.8) is 0 Å². The van der Waals surface area contributed by atoms with Crippen LogP contribution in [0.15, 0.2) is 0 Å². The molecule has 1 heterocycles. The molecule has 84 valence electrons. The van der Waals surface area contributed by atoms with Gasteiger partial charge in [-0.25, -0.2) is 12.7 Å². The van der Waals surface area contributed by atoms with Crippen LogP contribution in [0.2, 0.25) is 0 Å². The molecular formula is C10H21NO2S. The van der Waals surface area contributed by atoms with Crippen molar-refractivity contribution in [3.05, 3.63) is 0 Å². The molecule has 3 nitrogen and oxygen atoms in total. The van der Waals surface area contributed by atoms with E-state index in [1.807, 2.05) is 0 Å². The molecule has 4 heteroatoms. The maximum Gasteiger partial charge on any atom is 0.216 e. The molecule has 0 bridgehead atoms. The molecule has 1 aliphatic rings. The average molecular weight is 219 g/mol. The second-order valence-corrected chi connectivity index (χ2v) is 7.18. The topological polar surface area (TPSA) is 37.4 Å². The van der Waals surface area contributed by atoms with Gasteiger partial charge in [-0.05, 0) is 32.1 Å². The van der Waals surface area contributed by atoms with Crippen LogP contribution in [-0.2, 0) is 10.0 Å². The van der Waals surface area contributed by atoms with Gasteiger partial charge in [0.15, 0.2) is 0 Å². The molecule has 0 radical (unpaired) electrons. The molecule has 0 aromatic carbocycles. The summed E-state index contributed by atoms with van der Waals surface area (Å²) < 4.78 is 25.4. The third-order valence-corrected chi connectivity index (χ3v) is 5.50. The second-order valence-electron chi connectivity index (χ2n) is 4.69. The van der Waals surface area contributed by atoms with Gasteiger partial charge in [-0.1, -0.05) is 13.8 Å². The summed E-state index contributed by atoms with van der Waals surface area (Å²) in [5.41, 5.74) is 0. The molecule has 1 rings (SSSR count). The van der Waals surface area contributed by atoms with Crippen LogP contribution in [0.5, 0.6) is 0 Å². The van der Waals surface area contributed by atoms with E-state index < -0.39 is 10.0 Å². The smallest absolute Gasteiger partial charge is 0.212 e. The fraction of sp³-hybridized carbons (Fsp3) is 1.00. The number of rotatable bonds is 2. The first-order valence-electron chi connectivity index (χ1n) is 5.34. The summed E-state index contributed by atoms with van der Waals surface area (Å²) >= 11 is 0. The van der Waals surface area contributed by atoms with E-state index in [4.69, 9.17) is 0 Å². The van der Waals surface area contributed by atoms with Gasteiger partial charge in [0.1, 0.15) is 0 Å². The Morgan fingerprint density at radius 2 is 1.79 bits per heavy atom. The molecule has 0 aromatic rings. The molecular weight excluding hydrogens is 198 g/mol. The zero-order valence-electron chi connectivity index (χ0n) is 9.53. The minimum Gasteiger partial charge on any atom is -0.212 e. The van der Waals surface area contributed by atoms with Gasteiger partial charge in [-0.3, -0.25) is 0 Å². The Balaban J connectivity index is 2.73. The highest BCUT2D eigenvalue weighted by Gasteiger charge is 2.32. The Morgan fingerprint density at radius 1 is 1.21 bits per heavy atom. The maximum atomic E-state index is 11.9. The third kappa shape index (κ3) is 2.28. The number of nitrogens with zero attached hydrogens (tertiary/aromatic N) is 1. The Bertz CT molecular complexity index is 284. The van der Waals surface area contributed by atoms with Gasteiger partial charge < -0.3 is 0 Å². The van der Waals surface area contributed by atoms with Crippen molar-refractivity contribution in [1.82, 2.24) is 4.31 Å². The highest BCUT2D eigenvalue weighted by molar-refractivity contribution is 7.89. The van der Waals surface area contributed by atoms with Gasteiger partial charge >= 0.3 is 0 Å². The largest absolute Gasteiger partial charge is 0.216 e. The molecule has 0 saturated carbocycles. The summed E-state index contributed by atoms with van der Waals surface area (Å²) in [5, 5.41) is -0.289. The van der Waals surface area contributed by atoms with Gasteiger partial charge in [0, 0.05) is 13.1 Å². The van der Waals surface area contributed by atoms with E-state index in [0.29, 0.717) is 24.9 Å². The first-order valence-corrected chi connectivity index (χ1v) is 6.85. The second kappa shape index (κ2) is 4.19. The Kier molecular flexibility index (Phi) is 3.58. The summed E-state index contributed by atoms with van der Waals surface area (Å²) in [6, 6.07) is 0. The number of hydrogen-bond acceptors (Lipinski definition) is 2. The Labute approximate surface area is 87.5 Å². The SMILES string of the molecule is CC1CCN(S(=O)(=O)C(C)C)CC1C. The van der Waals surface area contributed by atoms with Gasteiger partial charge in [-0.15, -0.1) is 0 Å². The van der Waals surface area contributed by atoms with E-state index in [9.17, 15) is 8.42 Å². The molecule has 1 saturated heterocycles. The standard InChI is InChI=1S/C10H21NO2S/c1-8(2)14(12,13)11-6-5-9(3)10(4)7-11/h8-10H,5-7H2,1-4H3. The molecule has 2 atom stereocenters. The zero-order chi connectivity index (χ0) is 10.9. The van der Waals surface area contributed by atoms with E-state index in [1.54, 1.807) is 18.2 Å². The predicted octanol–water partition coefficient (Wildman–Crippen LogP) is 1.70. The Morgan fingerprint density at radius 3 is 2.21 bits per heavy atom. The van der Waals surface area contributed by atoms with Crippen LogP contribution < -0.4 is 0 Å². The van der Waals surface area contributed by atoms with Crippen LogP contribution in [-0.4, -0.2) is 31.1 Å². The predicted molar refractivity (Wildman–Crippen MR) is 58.6 cm³/mol. The minimum atomic E-state index is -3.02. The Hall–Kier alpha value is -0.0900. The van der Waals surface area contributed by atoms with Gasteiger partial charge in [-0.2, -0.15) is 0 Å². The van der Waals surface area contributed by atoms with E-state index in [0.717, 1.165) is 6.42 Å². The lowest BCUT2D eigenvalue weighted by Crippen LogP contribution is -2.44. The van der Waals surface area contributed by atoms with E-state index in [1.165, 1.54) is 0 Å². The minimum absolute atomic E-state index is 0.289. The quantitative estimate of drug-likeness (QED) is 0.709. The number of piperidine rings is 1. The van der Waals surface area contributed by atoms with Crippen molar-refractivity contribution in [2.75, 3.05) is 13.1 Å². The van der Waals surface area contributed by atoms with Crippen LogP contribution in [0, 0.1) is 11.8 Å². The normalized spacial score (nSPS) is 30.9. The molecule has 0 spiro atoms. The summed E-state index contributed by atoms with van der Waals surface area (Å²) in [6.07, 6.45) is 0.993. The molecule has 1 fully saturated rings. The fourth-order valence-electron chi connectivity index (χ4n) is 1.75. The van der Waals surface area contributed by atoms with Gasteiger partial charge in [0.2, 0.25) is 10.0 Å². The lowest BCUT2D eigenvalue weighted by atomic mass is 9.90. The van der Waals surface area contributed by atoms with Crippen LogP contribution in [0.4, 0.5) is 0 Å². The lowest BCUT2D eigenvalue weighted by molar-refractivity contribution is 0.211. The average Bonchev–Trinajstić information content (AvgIpc) is 2.09. The molecule has 14 heavy (non-hydrogen) atoms. The molecule has 0 amide bonds. The number of hydrogen-bond donors (Lipinski definition) is 0. The van der Waals surface area contributed by atoms with Crippen LogP contribution in [0.25, 0.3) is 0 Å². The number of sulfonamides is 1. The van der Waals surface area contributed by atoms with E-state index in [2.05, 4.69) is 13.8 Å². The summed E-state index contributed by atoms with van der Waals surface area (Å²) in [7, 11) is -3.02. The van der Waals surface area contributed by atoms with Crippen LogP contribution >= 0.6 is 0 Å². The van der Waals surface area contributed by atoms with E-state index >= 15 is 0 Å². The monoisotopic (exact) mass is 219 g/mol. The molecule has 0 aliphatic carbocycles. The zero-order valence-corrected chi connectivity index (χ0v) is 10.3. The van der Waals surface area contributed by atoms with Crippen molar-refractivity contribution in [2.45, 2.75) is 39.4 Å². The molecule has 1 aliphatic heterocycles. The first-order chi connectivity index (χ1) is 6.35. The van der Waals surface area contributed by atoms with Crippen molar-refractivity contribution >= 4 is 10.0 Å². The summed E-state index contributed by atoms with van der Waals surface area (Å²) in [5.74, 6) is 1.13. The third-order valence-electron chi connectivity index (χ3n) is 3.25. The highest BCUT2D eigenvalue weighted by atomic mass is 32.2. The molecule has 2 unspecified atom stereocenters. The summed E-state index contributed by atoms with van der Waals surface area (Å²) in [4.78, 5) is 0. The summed E-state index contributed by atoms with van der Waals surface area (Å²) in [6.45, 7) is 9.22. The fourth-order valence-corrected chi connectivity index (χ4v) is 3.15. The highest BCUT2D eigenvalue weighted by Crippen LogP contribution is 2.25. The van der Waals surface area contributed by atoms with Crippen LogP contribution in [0.3, 0.4) is 0 Å². The van der Waals surface area contributed by atoms with Crippen molar-refractivity contribution in [2.24, 2.45) is 11.8 Å².